The molecule has 0 saturated heterocycles. The lowest BCUT2D eigenvalue weighted by molar-refractivity contribution is 0.414. The Morgan fingerprint density at radius 3 is 2.63 bits per heavy atom. The van der Waals surface area contributed by atoms with Gasteiger partial charge in [-0.3, -0.25) is 0 Å². The Labute approximate surface area is 121 Å². The normalized spacial score (nSPS) is 12.2. The zero-order chi connectivity index (χ0) is 13.8. The second-order valence-electron chi connectivity index (χ2n) is 4.19. The molecule has 1 atom stereocenters. The monoisotopic (exact) mass is 298 g/mol. The molecule has 0 fully saturated rings. The maximum Gasteiger partial charge on any atom is 0.123 e. The highest BCUT2D eigenvalue weighted by Crippen LogP contribution is 2.33. The van der Waals surface area contributed by atoms with Gasteiger partial charge in [0.05, 0.1) is 12.5 Å². The fourth-order valence-electron chi connectivity index (χ4n) is 1.87. The van der Waals surface area contributed by atoms with Gasteiger partial charge in [-0.25, -0.2) is 4.39 Å². The first-order valence-electron chi connectivity index (χ1n) is 5.82. The molecule has 2 rings (SSSR count). The molecule has 0 amide bonds. The van der Waals surface area contributed by atoms with Gasteiger partial charge >= 0.3 is 0 Å². The number of alkyl halides is 1. The lowest BCUT2D eigenvalue weighted by Gasteiger charge is -2.13. The number of rotatable bonds is 4. The summed E-state index contributed by atoms with van der Waals surface area (Å²) in [5, 5.41) is 0.246. The average molecular weight is 299 g/mol. The van der Waals surface area contributed by atoms with Gasteiger partial charge in [-0.05, 0) is 41.8 Å². The maximum absolute atomic E-state index is 13.1. The Balaban J connectivity index is 2.18. The summed E-state index contributed by atoms with van der Waals surface area (Å²) in [6, 6.07) is 11.8. The molecule has 2 aromatic rings. The Hall–Kier alpha value is -1.25. The van der Waals surface area contributed by atoms with Crippen molar-refractivity contribution in [1.82, 2.24) is 0 Å². The molecule has 0 N–H and O–H groups in total. The van der Waals surface area contributed by atoms with Gasteiger partial charge in [0.15, 0.2) is 0 Å². The van der Waals surface area contributed by atoms with Crippen LogP contribution in [-0.4, -0.2) is 7.11 Å². The molecule has 0 saturated carbocycles. The zero-order valence-corrected chi connectivity index (χ0v) is 11.9. The Kier molecular flexibility index (Phi) is 4.67. The van der Waals surface area contributed by atoms with Crippen LogP contribution in [0.25, 0.3) is 0 Å². The van der Waals surface area contributed by atoms with Crippen molar-refractivity contribution >= 4 is 23.2 Å². The molecule has 0 spiro atoms. The fourth-order valence-corrected chi connectivity index (χ4v) is 2.60. The van der Waals surface area contributed by atoms with E-state index in [2.05, 4.69) is 0 Å². The van der Waals surface area contributed by atoms with Crippen LogP contribution in [0.4, 0.5) is 4.39 Å². The molecule has 0 aliphatic heterocycles. The number of ether oxygens (including phenoxy) is 1. The van der Waals surface area contributed by atoms with Crippen molar-refractivity contribution in [2.75, 3.05) is 7.11 Å². The summed E-state index contributed by atoms with van der Waals surface area (Å²) >= 11 is 12.5. The van der Waals surface area contributed by atoms with Gasteiger partial charge in [0, 0.05) is 5.02 Å². The van der Waals surface area contributed by atoms with E-state index >= 15 is 0 Å². The molecular formula is C15H13Cl2FO. The largest absolute Gasteiger partial charge is 0.497 e. The van der Waals surface area contributed by atoms with E-state index in [1.54, 1.807) is 19.2 Å². The SMILES string of the molecule is COc1ccc(C(Cl)Cc2cccc(F)c2)c(Cl)c1. The summed E-state index contributed by atoms with van der Waals surface area (Å²) < 4.78 is 18.2. The zero-order valence-electron chi connectivity index (χ0n) is 10.4. The number of methoxy groups -OCH3 is 1. The van der Waals surface area contributed by atoms with Crippen molar-refractivity contribution in [3.8, 4) is 5.75 Å². The minimum absolute atomic E-state index is 0.262. The van der Waals surface area contributed by atoms with E-state index in [0.717, 1.165) is 11.1 Å². The van der Waals surface area contributed by atoms with Gasteiger partial charge in [-0.1, -0.05) is 29.8 Å². The van der Waals surface area contributed by atoms with Crippen LogP contribution in [0.2, 0.25) is 5.02 Å². The first-order chi connectivity index (χ1) is 9.10. The van der Waals surface area contributed by atoms with Crippen molar-refractivity contribution in [3.05, 3.63) is 64.4 Å². The topological polar surface area (TPSA) is 9.23 Å². The molecule has 19 heavy (non-hydrogen) atoms. The molecule has 0 aliphatic rings. The van der Waals surface area contributed by atoms with Gasteiger partial charge < -0.3 is 4.74 Å². The molecule has 4 heteroatoms. The van der Waals surface area contributed by atoms with E-state index in [1.165, 1.54) is 12.1 Å². The van der Waals surface area contributed by atoms with Crippen molar-refractivity contribution in [2.45, 2.75) is 11.8 Å². The summed E-state index contributed by atoms with van der Waals surface area (Å²) in [4.78, 5) is 0. The van der Waals surface area contributed by atoms with Crippen LogP contribution in [0, 0.1) is 5.82 Å². The fraction of sp³-hybridized carbons (Fsp3) is 0.200. The molecule has 0 bridgehead atoms. The van der Waals surface area contributed by atoms with E-state index in [-0.39, 0.29) is 11.2 Å². The van der Waals surface area contributed by atoms with Crippen LogP contribution in [0.1, 0.15) is 16.5 Å². The average Bonchev–Trinajstić information content (AvgIpc) is 2.38. The molecule has 2 aromatic carbocycles. The molecule has 1 unspecified atom stereocenters. The third-order valence-corrected chi connectivity index (χ3v) is 3.57. The van der Waals surface area contributed by atoms with Crippen molar-refractivity contribution in [3.63, 3.8) is 0 Å². The summed E-state index contributed by atoms with van der Waals surface area (Å²) in [6.07, 6.45) is 0.519. The molecule has 100 valence electrons. The second-order valence-corrected chi connectivity index (χ2v) is 5.12. The first kappa shape index (κ1) is 14.2. The number of hydrogen-bond donors (Lipinski definition) is 0. The minimum Gasteiger partial charge on any atom is -0.497 e. The van der Waals surface area contributed by atoms with Gasteiger partial charge in [-0.2, -0.15) is 0 Å². The third kappa shape index (κ3) is 3.62. The van der Waals surface area contributed by atoms with Crippen molar-refractivity contribution in [2.24, 2.45) is 0 Å². The van der Waals surface area contributed by atoms with Crippen LogP contribution in [0.3, 0.4) is 0 Å². The quantitative estimate of drug-likeness (QED) is 0.721. The Morgan fingerprint density at radius 2 is 2.00 bits per heavy atom. The Bertz CT molecular complexity index is 572. The molecule has 0 heterocycles. The van der Waals surface area contributed by atoms with Crippen LogP contribution < -0.4 is 4.74 Å². The predicted molar refractivity (Wildman–Crippen MR) is 76.7 cm³/mol. The summed E-state index contributed by atoms with van der Waals surface area (Å²) in [7, 11) is 1.58. The minimum atomic E-state index is -0.305. The lowest BCUT2D eigenvalue weighted by atomic mass is 10.0. The molecule has 0 radical (unpaired) electrons. The number of benzene rings is 2. The maximum atomic E-state index is 13.1. The summed E-state index contributed by atoms with van der Waals surface area (Å²) in [6.45, 7) is 0. The lowest BCUT2D eigenvalue weighted by Crippen LogP contribution is -1.98. The summed E-state index contributed by atoms with van der Waals surface area (Å²) in [5.74, 6) is 0.422. The molecule has 0 aromatic heterocycles. The van der Waals surface area contributed by atoms with Gasteiger partial charge in [-0.15, -0.1) is 11.6 Å². The van der Waals surface area contributed by atoms with E-state index in [1.807, 2.05) is 18.2 Å². The van der Waals surface area contributed by atoms with Crippen LogP contribution >= 0.6 is 23.2 Å². The van der Waals surface area contributed by atoms with E-state index in [9.17, 15) is 4.39 Å². The van der Waals surface area contributed by atoms with Crippen molar-refractivity contribution < 1.29 is 9.13 Å². The highest BCUT2D eigenvalue weighted by molar-refractivity contribution is 6.33. The van der Waals surface area contributed by atoms with Crippen molar-refractivity contribution in [1.29, 1.82) is 0 Å². The molecule has 0 aliphatic carbocycles. The number of halogens is 3. The van der Waals surface area contributed by atoms with Gasteiger partial charge in [0.1, 0.15) is 11.6 Å². The second kappa shape index (κ2) is 6.27. The number of hydrogen-bond acceptors (Lipinski definition) is 1. The predicted octanol–water partition coefficient (Wildman–Crippen LogP) is 5.01. The van der Waals surface area contributed by atoms with Crippen LogP contribution in [-0.2, 0) is 6.42 Å². The smallest absolute Gasteiger partial charge is 0.123 e. The van der Waals surface area contributed by atoms with Gasteiger partial charge in [0.2, 0.25) is 0 Å². The van der Waals surface area contributed by atoms with E-state index in [0.29, 0.717) is 17.2 Å². The highest BCUT2D eigenvalue weighted by atomic mass is 35.5. The van der Waals surface area contributed by atoms with E-state index in [4.69, 9.17) is 27.9 Å². The summed E-state index contributed by atoms with van der Waals surface area (Å²) in [5.41, 5.74) is 1.65. The Morgan fingerprint density at radius 1 is 1.21 bits per heavy atom. The van der Waals surface area contributed by atoms with E-state index < -0.39 is 0 Å². The van der Waals surface area contributed by atoms with Crippen LogP contribution in [0.5, 0.6) is 5.75 Å². The third-order valence-electron chi connectivity index (χ3n) is 2.85. The molecular weight excluding hydrogens is 286 g/mol. The highest BCUT2D eigenvalue weighted by Gasteiger charge is 2.13. The van der Waals surface area contributed by atoms with Gasteiger partial charge in [0.25, 0.3) is 0 Å². The first-order valence-corrected chi connectivity index (χ1v) is 6.63. The molecule has 1 nitrogen and oxygen atoms in total. The van der Waals surface area contributed by atoms with Crippen LogP contribution in [0.15, 0.2) is 42.5 Å². The standard InChI is InChI=1S/C15H13Cl2FO/c1-19-12-5-6-13(15(17)9-12)14(16)8-10-3-2-4-11(18)7-10/h2-7,9,14H,8H2,1H3.